The van der Waals surface area contributed by atoms with Crippen molar-refractivity contribution < 1.29 is 14.0 Å². The predicted molar refractivity (Wildman–Crippen MR) is 136 cm³/mol. The Bertz CT molecular complexity index is 808. The van der Waals surface area contributed by atoms with E-state index in [9.17, 15) is 9.59 Å². The van der Waals surface area contributed by atoms with E-state index in [2.05, 4.69) is 22.5 Å². The lowest BCUT2D eigenvalue weighted by Crippen LogP contribution is -2.56. The summed E-state index contributed by atoms with van der Waals surface area (Å²) in [5.74, 6) is -0.347. The van der Waals surface area contributed by atoms with Crippen molar-refractivity contribution in [1.29, 1.82) is 0 Å². The molecule has 2 amide bonds. The summed E-state index contributed by atoms with van der Waals surface area (Å²) < 4.78 is 5.54. The van der Waals surface area contributed by atoms with Crippen LogP contribution in [0.5, 0.6) is 0 Å². The van der Waals surface area contributed by atoms with Gasteiger partial charge >= 0.3 is 0 Å². The molecule has 1 heterocycles. The van der Waals surface area contributed by atoms with Gasteiger partial charge in [-0.25, -0.2) is 4.98 Å². The molecule has 188 valence electrons. The lowest BCUT2D eigenvalue weighted by Gasteiger charge is -2.30. The number of carbonyl (C=O) groups is 2. The van der Waals surface area contributed by atoms with Crippen LogP contribution in [0.25, 0.3) is 0 Å². The summed E-state index contributed by atoms with van der Waals surface area (Å²) in [6.45, 7) is 4.05. The van der Waals surface area contributed by atoms with Gasteiger partial charge in [-0.1, -0.05) is 114 Å². The zero-order valence-corrected chi connectivity index (χ0v) is 21.1. The van der Waals surface area contributed by atoms with E-state index in [4.69, 9.17) is 4.42 Å². The third-order valence-electron chi connectivity index (χ3n) is 6.28. The standard InChI is InChI=1S/C28H43N3O3/c1-3-4-5-6-7-8-9-10-11-12-13-17-20-28(31-24(2)32,27-29-21-22-34-27)26(33)30-23-25-18-15-14-16-19-25/h14-16,18-19,21-22H,3-13,17,20,23H2,1-2H3,(H,30,33)(H,31,32). The highest BCUT2D eigenvalue weighted by molar-refractivity contribution is 5.91. The molecule has 1 unspecified atom stereocenters. The molecule has 2 N–H and O–H groups in total. The predicted octanol–water partition coefficient (Wildman–Crippen LogP) is 6.41. The molecule has 0 aliphatic carbocycles. The van der Waals surface area contributed by atoms with Crippen molar-refractivity contribution >= 4 is 11.8 Å². The van der Waals surface area contributed by atoms with E-state index < -0.39 is 5.54 Å². The smallest absolute Gasteiger partial charge is 0.255 e. The number of unbranched alkanes of at least 4 members (excludes halogenated alkanes) is 11. The van der Waals surface area contributed by atoms with Crippen molar-refractivity contribution in [3.05, 3.63) is 54.2 Å². The molecule has 1 aromatic heterocycles. The van der Waals surface area contributed by atoms with Gasteiger partial charge in [-0.05, 0) is 12.0 Å². The van der Waals surface area contributed by atoms with Crippen molar-refractivity contribution in [3.8, 4) is 0 Å². The van der Waals surface area contributed by atoms with Gasteiger partial charge in [-0.3, -0.25) is 9.59 Å². The van der Waals surface area contributed by atoms with Gasteiger partial charge in [0.25, 0.3) is 5.91 Å². The van der Waals surface area contributed by atoms with Gasteiger partial charge in [-0.2, -0.15) is 0 Å². The maximum atomic E-state index is 13.4. The molecule has 0 radical (unpaired) electrons. The fraction of sp³-hybridized carbons (Fsp3) is 0.607. The van der Waals surface area contributed by atoms with Gasteiger partial charge < -0.3 is 15.1 Å². The van der Waals surface area contributed by atoms with Crippen LogP contribution >= 0.6 is 0 Å². The maximum absolute atomic E-state index is 13.4. The molecule has 1 atom stereocenters. The Hall–Kier alpha value is -2.63. The van der Waals surface area contributed by atoms with Crippen LogP contribution in [0.3, 0.4) is 0 Å². The quantitative estimate of drug-likeness (QED) is 0.247. The average Bonchev–Trinajstić information content (AvgIpc) is 3.38. The number of hydrogen-bond donors (Lipinski definition) is 2. The zero-order chi connectivity index (χ0) is 24.5. The molecule has 0 saturated heterocycles. The summed E-state index contributed by atoms with van der Waals surface area (Å²) in [5.41, 5.74) is -0.312. The number of carbonyl (C=O) groups excluding carboxylic acids is 2. The van der Waals surface area contributed by atoms with Crippen molar-refractivity contribution in [2.24, 2.45) is 0 Å². The fourth-order valence-electron chi connectivity index (χ4n) is 4.39. The first-order valence-electron chi connectivity index (χ1n) is 13.1. The Morgan fingerprint density at radius 2 is 1.47 bits per heavy atom. The largest absolute Gasteiger partial charge is 0.446 e. The minimum Gasteiger partial charge on any atom is -0.446 e. The first-order valence-corrected chi connectivity index (χ1v) is 13.1. The van der Waals surface area contributed by atoms with Crippen LogP contribution < -0.4 is 10.6 Å². The lowest BCUT2D eigenvalue weighted by molar-refractivity contribution is -0.135. The van der Waals surface area contributed by atoms with E-state index in [1.54, 1.807) is 0 Å². The number of hydrogen-bond acceptors (Lipinski definition) is 4. The van der Waals surface area contributed by atoms with E-state index in [1.807, 2.05) is 30.3 Å². The molecular formula is C28H43N3O3. The second-order valence-electron chi connectivity index (χ2n) is 9.23. The monoisotopic (exact) mass is 469 g/mol. The second-order valence-corrected chi connectivity index (χ2v) is 9.23. The summed E-state index contributed by atoms with van der Waals surface area (Å²) >= 11 is 0. The van der Waals surface area contributed by atoms with Gasteiger partial charge in [0.1, 0.15) is 6.26 Å². The van der Waals surface area contributed by atoms with Crippen LogP contribution in [0.1, 0.15) is 109 Å². The van der Waals surface area contributed by atoms with Crippen molar-refractivity contribution in [2.45, 2.75) is 109 Å². The Labute approximate surface area is 205 Å². The van der Waals surface area contributed by atoms with Crippen LogP contribution in [-0.2, 0) is 21.7 Å². The van der Waals surface area contributed by atoms with Gasteiger partial charge in [0, 0.05) is 13.5 Å². The molecule has 34 heavy (non-hydrogen) atoms. The fourth-order valence-corrected chi connectivity index (χ4v) is 4.39. The summed E-state index contributed by atoms with van der Waals surface area (Å²) in [6, 6.07) is 9.72. The highest BCUT2D eigenvalue weighted by Crippen LogP contribution is 2.28. The summed E-state index contributed by atoms with van der Waals surface area (Å²) in [5, 5.41) is 5.84. The highest BCUT2D eigenvalue weighted by Gasteiger charge is 2.44. The van der Waals surface area contributed by atoms with E-state index >= 15 is 0 Å². The van der Waals surface area contributed by atoms with E-state index in [0.717, 1.165) is 24.8 Å². The third-order valence-corrected chi connectivity index (χ3v) is 6.28. The average molecular weight is 470 g/mol. The molecule has 0 fully saturated rings. The van der Waals surface area contributed by atoms with Crippen LogP contribution in [0.2, 0.25) is 0 Å². The molecule has 1 aromatic carbocycles. The molecule has 6 heteroatoms. The second kappa shape index (κ2) is 16.1. The van der Waals surface area contributed by atoms with Crippen LogP contribution in [-0.4, -0.2) is 16.8 Å². The number of nitrogens with zero attached hydrogens (tertiary/aromatic N) is 1. The van der Waals surface area contributed by atoms with E-state index in [1.165, 1.54) is 77.2 Å². The number of oxazole rings is 1. The zero-order valence-electron chi connectivity index (χ0n) is 21.1. The molecule has 0 spiro atoms. The number of benzene rings is 1. The van der Waals surface area contributed by atoms with Crippen LogP contribution in [0.4, 0.5) is 0 Å². The molecular weight excluding hydrogens is 426 g/mol. The minimum atomic E-state index is -1.30. The van der Waals surface area contributed by atoms with Crippen molar-refractivity contribution in [2.75, 3.05) is 0 Å². The first-order chi connectivity index (χ1) is 16.6. The molecule has 0 aliphatic heterocycles. The number of nitrogens with one attached hydrogen (secondary N) is 2. The van der Waals surface area contributed by atoms with Gasteiger partial charge in [0.05, 0.1) is 6.20 Å². The number of aromatic nitrogens is 1. The highest BCUT2D eigenvalue weighted by atomic mass is 16.3. The van der Waals surface area contributed by atoms with Crippen LogP contribution in [0.15, 0.2) is 47.2 Å². The van der Waals surface area contributed by atoms with Crippen molar-refractivity contribution in [3.63, 3.8) is 0 Å². The Kier molecular flexibility index (Phi) is 13.1. The number of amides is 2. The van der Waals surface area contributed by atoms with E-state index in [-0.39, 0.29) is 17.7 Å². The molecule has 2 aromatic rings. The molecule has 6 nitrogen and oxygen atoms in total. The summed E-state index contributed by atoms with van der Waals surface area (Å²) in [7, 11) is 0. The first kappa shape index (κ1) is 27.6. The van der Waals surface area contributed by atoms with Gasteiger partial charge in [0.2, 0.25) is 11.8 Å². The van der Waals surface area contributed by atoms with Crippen LogP contribution in [0, 0.1) is 0 Å². The third kappa shape index (κ3) is 9.70. The lowest BCUT2D eigenvalue weighted by atomic mass is 9.89. The maximum Gasteiger partial charge on any atom is 0.255 e. The number of rotatable bonds is 18. The minimum absolute atomic E-state index is 0.233. The Morgan fingerprint density at radius 1 is 0.882 bits per heavy atom. The molecule has 0 bridgehead atoms. The topological polar surface area (TPSA) is 84.2 Å². The summed E-state index contributed by atoms with van der Waals surface area (Å²) in [6.07, 6.45) is 18.2. The Morgan fingerprint density at radius 3 is 2.00 bits per heavy atom. The Balaban J connectivity index is 1.84. The molecule has 0 aliphatic rings. The van der Waals surface area contributed by atoms with Gasteiger partial charge in [-0.15, -0.1) is 0 Å². The molecule has 0 saturated carbocycles. The van der Waals surface area contributed by atoms with Gasteiger partial charge in [0.15, 0.2) is 5.54 Å². The van der Waals surface area contributed by atoms with E-state index in [0.29, 0.717) is 13.0 Å². The SMILES string of the molecule is CCCCCCCCCCCCCCC(NC(C)=O)(C(=O)NCc1ccccc1)c1ncco1. The summed E-state index contributed by atoms with van der Waals surface area (Å²) in [4.78, 5) is 29.7. The normalized spacial score (nSPS) is 12.8. The van der Waals surface area contributed by atoms with Crippen molar-refractivity contribution in [1.82, 2.24) is 15.6 Å². The molecule has 2 rings (SSSR count).